The van der Waals surface area contributed by atoms with Crippen molar-refractivity contribution in [1.82, 2.24) is 9.62 Å². The van der Waals surface area contributed by atoms with Crippen LogP contribution in [-0.4, -0.2) is 55.7 Å². The van der Waals surface area contributed by atoms with E-state index < -0.39 is 28.3 Å². The minimum atomic E-state index is -3.76. The highest BCUT2D eigenvalue weighted by atomic mass is 32.2. The van der Waals surface area contributed by atoms with E-state index in [0.29, 0.717) is 13.1 Å². The van der Waals surface area contributed by atoms with E-state index in [1.54, 1.807) is 30.4 Å². The van der Waals surface area contributed by atoms with Gasteiger partial charge in [0.1, 0.15) is 6.10 Å². The van der Waals surface area contributed by atoms with Crippen molar-refractivity contribution in [1.29, 1.82) is 0 Å². The minimum absolute atomic E-state index is 0.0239. The fourth-order valence-corrected chi connectivity index (χ4v) is 5.21. The van der Waals surface area contributed by atoms with E-state index in [1.165, 1.54) is 17.7 Å². The van der Waals surface area contributed by atoms with Crippen molar-refractivity contribution in [3.05, 3.63) is 77.9 Å². The number of nitrogens with zero attached hydrogens (tertiary/aromatic N) is 1. The molecule has 3 atom stereocenters. The number of aliphatic hydroxyl groups excluding tert-OH is 1. The lowest BCUT2D eigenvalue weighted by Crippen LogP contribution is -2.49. The van der Waals surface area contributed by atoms with Crippen molar-refractivity contribution in [2.75, 3.05) is 13.2 Å². The molecule has 2 aromatic carbocycles. The van der Waals surface area contributed by atoms with Crippen molar-refractivity contribution in [2.45, 2.75) is 42.5 Å². The summed E-state index contributed by atoms with van der Waals surface area (Å²) in [7, 11) is -3.76. The molecule has 31 heavy (non-hydrogen) atoms. The Morgan fingerprint density at radius 1 is 1.06 bits per heavy atom. The SMILES string of the molecule is O=C(C[C@H]1C=C[C@@H](NS(=O)(=O)c2ccccc2)[C@@H](CO)O1)N1CCc2ccccc2C1. The minimum Gasteiger partial charge on any atom is -0.394 e. The molecule has 2 N–H and O–H groups in total. The summed E-state index contributed by atoms with van der Waals surface area (Å²) in [5, 5.41) is 9.75. The Balaban J connectivity index is 1.39. The summed E-state index contributed by atoms with van der Waals surface area (Å²) in [5.74, 6) is -0.0239. The van der Waals surface area contributed by atoms with Crippen LogP contribution in [-0.2, 0) is 32.5 Å². The number of hydrogen-bond acceptors (Lipinski definition) is 5. The lowest BCUT2D eigenvalue weighted by Gasteiger charge is -2.33. The highest BCUT2D eigenvalue weighted by Gasteiger charge is 2.32. The van der Waals surface area contributed by atoms with Crippen LogP contribution in [0, 0.1) is 0 Å². The first-order chi connectivity index (χ1) is 15.0. The number of fused-ring (bicyclic) bond motifs is 1. The van der Waals surface area contributed by atoms with Gasteiger partial charge in [-0.15, -0.1) is 0 Å². The fourth-order valence-electron chi connectivity index (χ4n) is 3.97. The van der Waals surface area contributed by atoms with Gasteiger partial charge in [0.05, 0.1) is 30.1 Å². The molecule has 2 aromatic rings. The molecule has 0 bridgehead atoms. The summed E-state index contributed by atoms with van der Waals surface area (Å²) in [4.78, 5) is 14.8. The molecule has 0 fully saturated rings. The van der Waals surface area contributed by atoms with E-state index in [2.05, 4.69) is 10.8 Å². The van der Waals surface area contributed by atoms with E-state index in [4.69, 9.17) is 4.74 Å². The molecule has 0 saturated carbocycles. The largest absolute Gasteiger partial charge is 0.394 e. The zero-order chi connectivity index (χ0) is 21.8. The standard InChI is InChI=1S/C23H26N2O5S/c26-16-22-21(24-31(28,29)20-8-2-1-3-9-20)11-10-19(30-22)14-23(27)25-13-12-17-6-4-5-7-18(17)15-25/h1-11,19,21-22,24,26H,12-16H2/t19-,21-,22-/m1/s1. The molecule has 164 valence electrons. The predicted octanol–water partition coefficient (Wildman–Crippen LogP) is 1.62. The Hall–Kier alpha value is -2.52. The van der Waals surface area contributed by atoms with E-state index in [9.17, 15) is 18.3 Å². The van der Waals surface area contributed by atoms with Crippen LogP contribution in [0.2, 0.25) is 0 Å². The monoisotopic (exact) mass is 442 g/mol. The van der Waals surface area contributed by atoms with Gasteiger partial charge < -0.3 is 14.7 Å². The quantitative estimate of drug-likeness (QED) is 0.663. The van der Waals surface area contributed by atoms with Crippen LogP contribution in [0.3, 0.4) is 0 Å². The second-order valence-electron chi connectivity index (χ2n) is 7.78. The molecule has 0 aliphatic carbocycles. The summed E-state index contributed by atoms with van der Waals surface area (Å²) in [5.41, 5.74) is 2.43. The Morgan fingerprint density at radius 3 is 2.52 bits per heavy atom. The maximum absolute atomic E-state index is 12.8. The maximum atomic E-state index is 12.8. The second-order valence-corrected chi connectivity index (χ2v) is 9.49. The van der Waals surface area contributed by atoms with Gasteiger partial charge in [-0.25, -0.2) is 13.1 Å². The molecular formula is C23H26N2O5S. The summed E-state index contributed by atoms with van der Waals surface area (Å²) in [6, 6.07) is 15.4. The van der Waals surface area contributed by atoms with Gasteiger partial charge in [0, 0.05) is 13.1 Å². The molecular weight excluding hydrogens is 416 g/mol. The molecule has 0 saturated heterocycles. The van der Waals surface area contributed by atoms with Gasteiger partial charge >= 0.3 is 0 Å². The number of sulfonamides is 1. The van der Waals surface area contributed by atoms with Crippen LogP contribution in [0.15, 0.2) is 71.6 Å². The lowest BCUT2D eigenvalue weighted by molar-refractivity contribution is -0.136. The molecule has 8 heteroatoms. The molecule has 0 radical (unpaired) electrons. The zero-order valence-corrected chi connectivity index (χ0v) is 17.9. The highest BCUT2D eigenvalue weighted by molar-refractivity contribution is 7.89. The fraction of sp³-hybridized carbons (Fsp3) is 0.348. The number of amides is 1. The van der Waals surface area contributed by atoms with Crippen molar-refractivity contribution >= 4 is 15.9 Å². The summed E-state index contributed by atoms with van der Waals surface area (Å²) < 4.78 is 33.6. The first-order valence-electron chi connectivity index (χ1n) is 10.3. The van der Waals surface area contributed by atoms with E-state index in [-0.39, 0.29) is 23.8 Å². The normalized spacial score (nSPS) is 23.4. The number of benzene rings is 2. The van der Waals surface area contributed by atoms with Crippen molar-refractivity contribution < 1.29 is 23.1 Å². The lowest BCUT2D eigenvalue weighted by atomic mass is 9.99. The molecule has 2 aliphatic rings. The van der Waals surface area contributed by atoms with Crippen LogP contribution < -0.4 is 4.72 Å². The van der Waals surface area contributed by atoms with Crippen LogP contribution >= 0.6 is 0 Å². The molecule has 1 amide bonds. The first-order valence-corrected chi connectivity index (χ1v) is 11.8. The van der Waals surface area contributed by atoms with Gasteiger partial charge in [0.2, 0.25) is 15.9 Å². The maximum Gasteiger partial charge on any atom is 0.241 e. The van der Waals surface area contributed by atoms with Crippen LogP contribution in [0.1, 0.15) is 17.5 Å². The topological polar surface area (TPSA) is 95.9 Å². The van der Waals surface area contributed by atoms with Crippen LogP contribution in [0.25, 0.3) is 0 Å². The Kier molecular flexibility index (Phi) is 6.52. The van der Waals surface area contributed by atoms with Gasteiger partial charge in [-0.1, -0.05) is 54.6 Å². The summed E-state index contributed by atoms with van der Waals surface area (Å²) in [6.45, 7) is 0.873. The smallest absolute Gasteiger partial charge is 0.241 e. The number of carbonyl (C=O) groups excluding carboxylic acids is 1. The van der Waals surface area contributed by atoms with E-state index >= 15 is 0 Å². The Labute approximate surface area is 182 Å². The Morgan fingerprint density at radius 2 is 1.77 bits per heavy atom. The third-order valence-corrected chi connectivity index (χ3v) is 7.14. The van der Waals surface area contributed by atoms with Gasteiger partial charge in [-0.05, 0) is 29.7 Å². The molecule has 2 heterocycles. The second kappa shape index (κ2) is 9.32. The van der Waals surface area contributed by atoms with Crippen molar-refractivity contribution in [3.63, 3.8) is 0 Å². The number of aliphatic hydroxyl groups is 1. The van der Waals surface area contributed by atoms with Crippen molar-refractivity contribution in [3.8, 4) is 0 Å². The predicted molar refractivity (Wildman–Crippen MR) is 116 cm³/mol. The van der Waals surface area contributed by atoms with Gasteiger partial charge in [0.25, 0.3) is 0 Å². The zero-order valence-electron chi connectivity index (χ0n) is 17.1. The summed E-state index contributed by atoms with van der Waals surface area (Å²) >= 11 is 0. The molecule has 0 unspecified atom stereocenters. The van der Waals surface area contributed by atoms with Crippen LogP contribution in [0.5, 0.6) is 0 Å². The number of hydrogen-bond donors (Lipinski definition) is 2. The third-order valence-electron chi connectivity index (χ3n) is 5.67. The molecule has 2 aliphatic heterocycles. The number of rotatable bonds is 6. The molecule has 4 rings (SSSR count). The molecule has 0 aromatic heterocycles. The number of nitrogens with one attached hydrogen (secondary N) is 1. The average molecular weight is 443 g/mol. The van der Waals surface area contributed by atoms with E-state index in [1.807, 2.05) is 23.1 Å². The molecule has 7 nitrogen and oxygen atoms in total. The van der Waals surface area contributed by atoms with Gasteiger partial charge in [0.15, 0.2) is 0 Å². The average Bonchev–Trinajstić information content (AvgIpc) is 2.80. The van der Waals surface area contributed by atoms with Gasteiger partial charge in [-0.2, -0.15) is 0 Å². The highest BCUT2D eigenvalue weighted by Crippen LogP contribution is 2.22. The van der Waals surface area contributed by atoms with E-state index in [0.717, 1.165) is 12.0 Å². The Bertz CT molecular complexity index is 1050. The summed E-state index contributed by atoms with van der Waals surface area (Å²) in [6.07, 6.45) is 3.04. The number of ether oxygens (including phenoxy) is 1. The molecule has 0 spiro atoms. The number of carbonyl (C=O) groups is 1. The van der Waals surface area contributed by atoms with Crippen molar-refractivity contribution in [2.24, 2.45) is 0 Å². The first kappa shape index (κ1) is 21.7. The van der Waals surface area contributed by atoms with Gasteiger partial charge in [-0.3, -0.25) is 4.79 Å². The third kappa shape index (κ3) is 5.04. The van der Waals surface area contributed by atoms with Crippen LogP contribution in [0.4, 0.5) is 0 Å².